The first-order valence-electron chi connectivity index (χ1n) is 13.6. The molecule has 2 aromatic rings. The van der Waals surface area contributed by atoms with Crippen molar-refractivity contribution in [3.05, 3.63) is 64.1 Å². The highest BCUT2D eigenvalue weighted by atomic mass is 16.5. The highest BCUT2D eigenvalue weighted by Gasteiger charge is 2.23. The molecule has 0 saturated carbocycles. The molecule has 1 aliphatic rings. The molecule has 11 nitrogen and oxygen atoms in total. The van der Waals surface area contributed by atoms with Gasteiger partial charge in [0.05, 0.1) is 31.1 Å². The summed E-state index contributed by atoms with van der Waals surface area (Å²) in [6.45, 7) is 2.43. The fraction of sp³-hybridized carbons (Fsp3) is 0.483. The van der Waals surface area contributed by atoms with Crippen molar-refractivity contribution in [3.8, 4) is 0 Å². The van der Waals surface area contributed by atoms with E-state index in [1.807, 2.05) is 0 Å². The van der Waals surface area contributed by atoms with Crippen LogP contribution in [0.2, 0.25) is 0 Å². The molecule has 0 unspecified atom stereocenters. The van der Waals surface area contributed by atoms with E-state index in [-0.39, 0.29) is 36.6 Å². The average molecular weight is 551 g/mol. The average Bonchev–Trinajstić information content (AvgIpc) is 3.35. The lowest BCUT2D eigenvalue weighted by Gasteiger charge is -2.16. The lowest BCUT2D eigenvalue weighted by molar-refractivity contribution is -0.123. The largest absolute Gasteiger partial charge is 0.453 e. The second-order valence-electron chi connectivity index (χ2n) is 9.94. The van der Waals surface area contributed by atoms with Gasteiger partial charge in [0.25, 0.3) is 5.56 Å². The summed E-state index contributed by atoms with van der Waals surface area (Å²) in [5.74, 6) is -0.506. The van der Waals surface area contributed by atoms with Gasteiger partial charge in [-0.05, 0) is 37.8 Å². The molecule has 0 aromatic carbocycles. The number of likely N-dealkylation sites (N-methyl/N-ethyl adjacent to an activating group) is 1. The molecule has 11 heteroatoms. The summed E-state index contributed by atoms with van der Waals surface area (Å²) < 4.78 is 6.20. The van der Waals surface area contributed by atoms with E-state index in [0.717, 1.165) is 48.5 Å². The Labute approximate surface area is 234 Å². The molecule has 214 valence electrons. The number of nitrogens with zero attached hydrogens (tertiary/aromatic N) is 5. The molecule has 2 aromatic heterocycles. The quantitative estimate of drug-likeness (QED) is 0.282. The molecule has 2 amide bonds. The van der Waals surface area contributed by atoms with Crippen LogP contribution in [0, 0.1) is 0 Å². The van der Waals surface area contributed by atoms with E-state index in [9.17, 15) is 19.2 Å². The Morgan fingerprint density at radius 3 is 2.75 bits per heavy atom. The van der Waals surface area contributed by atoms with E-state index in [0.29, 0.717) is 18.4 Å². The number of alkyl carbamates (subject to hydrolysis) is 1. The first-order valence-corrected chi connectivity index (χ1v) is 13.6. The number of hydrogen-bond acceptors (Lipinski definition) is 8. The molecule has 40 heavy (non-hydrogen) atoms. The Morgan fingerprint density at radius 2 is 2.02 bits per heavy atom. The van der Waals surface area contributed by atoms with Gasteiger partial charge < -0.3 is 19.5 Å². The number of ether oxygens (including phenoxy) is 1. The number of Topliss-reactive ketones (excluding diaryl/α,β-unsaturated/α-hetero) is 1. The number of fused-ring (bicyclic) bond motifs is 1. The van der Waals surface area contributed by atoms with Crippen molar-refractivity contribution >= 4 is 29.2 Å². The van der Waals surface area contributed by atoms with E-state index >= 15 is 0 Å². The minimum absolute atomic E-state index is 0.158. The lowest BCUT2D eigenvalue weighted by Crippen LogP contribution is -2.42. The number of allylic oxidation sites excluding steroid dienone is 1. The van der Waals surface area contributed by atoms with Crippen LogP contribution in [0.5, 0.6) is 0 Å². The molecule has 0 spiro atoms. The van der Waals surface area contributed by atoms with Crippen LogP contribution in [-0.4, -0.2) is 70.2 Å². The van der Waals surface area contributed by atoms with Crippen LogP contribution in [0.4, 0.5) is 10.5 Å². The maximum absolute atomic E-state index is 13.3. The summed E-state index contributed by atoms with van der Waals surface area (Å²) in [7, 11) is 4.50. The summed E-state index contributed by atoms with van der Waals surface area (Å²) in [6.07, 6.45) is 10.7. The topological polar surface area (TPSA) is 136 Å². The van der Waals surface area contributed by atoms with Crippen molar-refractivity contribution in [1.29, 1.82) is 0 Å². The van der Waals surface area contributed by atoms with Crippen molar-refractivity contribution in [2.24, 2.45) is 4.99 Å². The van der Waals surface area contributed by atoms with Crippen molar-refractivity contribution in [2.75, 3.05) is 21.2 Å². The molecule has 0 aliphatic carbocycles. The number of aliphatic imine (C=N–C) groups is 1. The maximum atomic E-state index is 13.3. The standard InChI is InChI=1S/C29H38N6O5/c1-5-6-7-13-23-27-24(31-19-30-23)17-21(32-27)18-35-15-10-11-20(28(35)38)16-25(36)22(33-29(39)40-4)12-8-9-14-26(37)34(2)3/h9-11,14-15,19,22H,5-8,12-13,16-18H2,1-4H3,(H,33,39)/b14-9+/t22-/m0/s1. The number of aromatic nitrogens is 3. The molecule has 3 rings (SSSR count). The predicted octanol–water partition coefficient (Wildman–Crippen LogP) is 2.96. The Balaban J connectivity index is 1.70. The van der Waals surface area contributed by atoms with Crippen LogP contribution in [0.15, 0.2) is 46.6 Å². The third kappa shape index (κ3) is 8.42. The van der Waals surface area contributed by atoms with Gasteiger partial charge in [-0.3, -0.25) is 19.4 Å². The van der Waals surface area contributed by atoms with Crippen molar-refractivity contribution in [1.82, 2.24) is 24.8 Å². The van der Waals surface area contributed by atoms with Gasteiger partial charge in [0.1, 0.15) is 12.0 Å². The number of nitrogens with one attached hydrogen (secondary N) is 1. The zero-order valence-corrected chi connectivity index (χ0v) is 23.7. The van der Waals surface area contributed by atoms with Gasteiger partial charge in [0, 0.05) is 44.4 Å². The Bertz CT molecular complexity index is 1330. The van der Waals surface area contributed by atoms with Gasteiger partial charge >= 0.3 is 6.09 Å². The van der Waals surface area contributed by atoms with Crippen LogP contribution in [-0.2, 0) is 40.1 Å². The molecule has 0 radical (unpaired) electrons. The number of carbonyl (C=O) groups is 3. The van der Waals surface area contributed by atoms with Crippen LogP contribution >= 0.6 is 0 Å². The number of amides is 2. The summed E-state index contributed by atoms with van der Waals surface area (Å²) in [5.41, 5.74) is 3.45. The zero-order valence-electron chi connectivity index (χ0n) is 23.7. The van der Waals surface area contributed by atoms with Gasteiger partial charge in [0.2, 0.25) is 5.91 Å². The SMILES string of the molecule is CCCCCc1ncnc2c1N=C(Cn1cccc(CC(=O)[C@H](CC/C=C/C(=O)N(C)C)NC(=O)OC)c1=O)C2. The Kier molecular flexibility index (Phi) is 11.3. The molecule has 1 atom stereocenters. The molecule has 0 saturated heterocycles. The second-order valence-corrected chi connectivity index (χ2v) is 9.94. The number of unbranched alkanes of at least 4 members (excludes halogenated alkanes) is 2. The highest BCUT2D eigenvalue weighted by molar-refractivity contribution is 5.93. The number of ketones is 1. The molecular formula is C29H38N6O5. The van der Waals surface area contributed by atoms with E-state index in [2.05, 4.69) is 26.9 Å². The smallest absolute Gasteiger partial charge is 0.407 e. The fourth-order valence-corrected chi connectivity index (χ4v) is 4.39. The molecular weight excluding hydrogens is 512 g/mol. The number of pyridine rings is 1. The number of rotatable bonds is 14. The van der Waals surface area contributed by atoms with Gasteiger partial charge in [-0.1, -0.05) is 31.9 Å². The van der Waals surface area contributed by atoms with E-state index in [4.69, 9.17) is 4.99 Å². The van der Waals surface area contributed by atoms with Crippen LogP contribution in [0.1, 0.15) is 56.0 Å². The Hall–Kier alpha value is -4.15. The van der Waals surface area contributed by atoms with Gasteiger partial charge in [-0.2, -0.15) is 0 Å². The van der Waals surface area contributed by atoms with Crippen molar-refractivity contribution < 1.29 is 19.1 Å². The lowest BCUT2D eigenvalue weighted by atomic mass is 10.0. The van der Waals surface area contributed by atoms with Crippen LogP contribution in [0.3, 0.4) is 0 Å². The normalized spacial score (nSPS) is 13.1. The number of methoxy groups -OCH3 is 1. The number of carbonyl (C=O) groups excluding carboxylic acids is 3. The van der Waals surface area contributed by atoms with E-state index in [1.54, 1.807) is 44.8 Å². The minimum atomic E-state index is -0.877. The molecule has 0 fully saturated rings. The summed E-state index contributed by atoms with van der Waals surface area (Å²) >= 11 is 0. The highest BCUT2D eigenvalue weighted by Crippen LogP contribution is 2.29. The first kappa shape index (κ1) is 30.4. The third-order valence-electron chi connectivity index (χ3n) is 6.64. The van der Waals surface area contributed by atoms with Crippen molar-refractivity contribution in [2.45, 2.75) is 70.9 Å². The van der Waals surface area contributed by atoms with E-state index < -0.39 is 12.1 Å². The fourth-order valence-electron chi connectivity index (χ4n) is 4.39. The maximum Gasteiger partial charge on any atom is 0.407 e. The zero-order chi connectivity index (χ0) is 29.1. The number of aryl methyl sites for hydroxylation is 1. The van der Waals surface area contributed by atoms with Crippen LogP contribution < -0.4 is 10.9 Å². The molecule has 3 heterocycles. The van der Waals surface area contributed by atoms with Crippen LogP contribution in [0.25, 0.3) is 0 Å². The second kappa shape index (κ2) is 14.9. The predicted molar refractivity (Wildman–Crippen MR) is 152 cm³/mol. The van der Waals surface area contributed by atoms with E-state index in [1.165, 1.54) is 22.7 Å². The molecule has 1 N–H and O–H groups in total. The molecule has 1 aliphatic heterocycles. The van der Waals surface area contributed by atoms with Gasteiger partial charge in [-0.15, -0.1) is 0 Å². The minimum Gasteiger partial charge on any atom is -0.453 e. The summed E-state index contributed by atoms with van der Waals surface area (Å²) in [5, 5.41) is 2.54. The number of hydrogen-bond donors (Lipinski definition) is 1. The van der Waals surface area contributed by atoms with Crippen molar-refractivity contribution in [3.63, 3.8) is 0 Å². The van der Waals surface area contributed by atoms with Gasteiger partial charge in [0.15, 0.2) is 5.78 Å². The summed E-state index contributed by atoms with van der Waals surface area (Å²) in [6, 6.07) is 2.46. The van der Waals surface area contributed by atoms with Gasteiger partial charge in [-0.25, -0.2) is 14.8 Å². The summed E-state index contributed by atoms with van der Waals surface area (Å²) in [4.78, 5) is 65.0. The molecule has 0 bridgehead atoms. The first-order chi connectivity index (χ1) is 19.2. The third-order valence-corrected chi connectivity index (χ3v) is 6.64. The Morgan fingerprint density at radius 1 is 1.23 bits per heavy atom. The monoisotopic (exact) mass is 550 g/mol.